The first-order chi connectivity index (χ1) is 15.5. The molecule has 0 bridgehead atoms. The molecule has 0 saturated heterocycles. The number of hydrogen-bond acceptors (Lipinski definition) is 4. The van der Waals surface area contributed by atoms with Crippen LogP contribution in [0.3, 0.4) is 0 Å². The maximum absolute atomic E-state index is 10.9. The van der Waals surface area contributed by atoms with Crippen molar-refractivity contribution in [1.29, 1.82) is 0 Å². The normalized spacial score (nSPS) is 23.4. The van der Waals surface area contributed by atoms with E-state index in [0.717, 1.165) is 6.42 Å². The van der Waals surface area contributed by atoms with Crippen molar-refractivity contribution < 1.29 is 5.11 Å². The highest BCUT2D eigenvalue weighted by molar-refractivity contribution is 5.16. The van der Waals surface area contributed by atoms with Crippen LogP contribution in [0.5, 0.6) is 0 Å². The van der Waals surface area contributed by atoms with Crippen molar-refractivity contribution in [2.45, 2.75) is 133 Å². The van der Waals surface area contributed by atoms with Gasteiger partial charge >= 0.3 is 0 Å². The molecule has 1 aromatic carbocycles. The van der Waals surface area contributed by atoms with Crippen LogP contribution in [-0.4, -0.2) is 40.9 Å². The van der Waals surface area contributed by atoms with Crippen LogP contribution in [0.2, 0.25) is 0 Å². The Morgan fingerprint density at radius 2 is 1.56 bits per heavy atom. The van der Waals surface area contributed by atoms with E-state index in [2.05, 4.69) is 36.6 Å². The number of aliphatic hydroxyl groups excluding tert-OH is 1. The van der Waals surface area contributed by atoms with E-state index < -0.39 is 6.10 Å². The predicted molar refractivity (Wildman–Crippen MR) is 136 cm³/mol. The molecule has 1 unspecified atom stereocenters. The van der Waals surface area contributed by atoms with Crippen molar-refractivity contribution in [3.8, 4) is 0 Å². The topological polar surface area (TPSA) is 70.3 Å². The van der Waals surface area contributed by atoms with Gasteiger partial charge in [-0.1, -0.05) is 89.1 Å². The third-order valence-corrected chi connectivity index (χ3v) is 8.31. The first-order valence-electron chi connectivity index (χ1n) is 13.5. The Morgan fingerprint density at radius 1 is 0.938 bits per heavy atom. The average Bonchev–Trinajstić information content (AvgIpc) is 2.83. The molecule has 0 aliphatic heterocycles. The second kappa shape index (κ2) is 12.5. The minimum absolute atomic E-state index is 0.0681. The van der Waals surface area contributed by atoms with Gasteiger partial charge in [-0.3, -0.25) is 0 Å². The highest BCUT2D eigenvalue weighted by Crippen LogP contribution is 2.38. The lowest BCUT2D eigenvalue weighted by Gasteiger charge is -2.50. The van der Waals surface area contributed by atoms with Gasteiger partial charge in [-0.2, -0.15) is 0 Å². The van der Waals surface area contributed by atoms with E-state index in [1.807, 2.05) is 18.2 Å². The van der Waals surface area contributed by atoms with Crippen molar-refractivity contribution >= 4 is 0 Å². The average molecular weight is 444 g/mol. The Bertz CT molecular complexity index is 632. The maximum Gasteiger partial charge on any atom is 0.0818 e. The summed E-state index contributed by atoms with van der Waals surface area (Å²) in [6.45, 7) is 5.25. The predicted octanol–water partition coefficient (Wildman–Crippen LogP) is 5.08. The molecular weight excluding hydrogens is 394 g/mol. The molecular formula is C28H49N3O. The summed E-state index contributed by atoms with van der Waals surface area (Å²) >= 11 is 0. The molecule has 0 spiro atoms. The van der Waals surface area contributed by atoms with Crippen LogP contribution in [0.4, 0.5) is 0 Å². The summed E-state index contributed by atoms with van der Waals surface area (Å²) in [6, 6.07) is 10.5. The number of β-amino-alcohol motifs (C(OH)–C–C–N with tert-alkyl or cyclic N) is 1. The van der Waals surface area contributed by atoms with E-state index in [4.69, 9.17) is 5.73 Å². The van der Waals surface area contributed by atoms with Crippen molar-refractivity contribution in [2.75, 3.05) is 6.54 Å². The Kier molecular flexibility index (Phi) is 10.0. The Labute approximate surface area is 197 Å². The third-order valence-electron chi connectivity index (χ3n) is 8.31. The van der Waals surface area contributed by atoms with Crippen LogP contribution in [0.15, 0.2) is 30.3 Å². The van der Waals surface area contributed by atoms with E-state index in [0.29, 0.717) is 24.5 Å². The standard InChI is InChI=1S/C28H49N3O/c1-3-16-27(17-10-6-11-18-27)31-26(4-2)28(19-12-7-13-20-28)30-22-25(32)24(29)21-23-14-8-5-9-15-23/h5,8-9,14-15,24-26,30-32H,3-4,6-7,10-13,16-22,29H2,1-2H3/t24-,25+,26?/m0/s1. The number of aliphatic hydroxyl groups is 1. The van der Waals surface area contributed by atoms with Crippen LogP contribution in [-0.2, 0) is 6.42 Å². The monoisotopic (exact) mass is 443 g/mol. The molecule has 2 aliphatic carbocycles. The SMILES string of the molecule is CCCC1(NC(CC)C2(NC[C@@H](O)[C@@H](N)Cc3ccccc3)CCCCC2)CCCCC1. The summed E-state index contributed by atoms with van der Waals surface area (Å²) in [5.41, 5.74) is 7.99. The summed E-state index contributed by atoms with van der Waals surface area (Å²) in [6.07, 6.45) is 16.8. The molecule has 3 rings (SSSR count). The number of hydrogen-bond donors (Lipinski definition) is 4. The molecule has 0 heterocycles. The zero-order valence-electron chi connectivity index (χ0n) is 20.7. The van der Waals surface area contributed by atoms with E-state index in [1.54, 1.807) is 0 Å². The molecule has 2 saturated carbocycles. The van der Waals surface area contributed by atoms with Crippen molar-refractivity contribution in [2.24, 2.45) is 5.73 Å². The van der Waals surface area contributed by atoms with Crippen molar-refractivity contribution in [3.63, 3.8) is 0 Å². The lowest BCUT2D eigenvalue weighted by Crippen LogP contribution is -2.66. The number of nitrogens with two attached hydrogens (primary N) is 1. The van der Waals surface area contributed by atoms with Crippen LogP contribution >= 0.6 is 0 Å². The summed E-state index contributed by atoms with van der Waals surface area (Å²) in [5, 5.41) is 19.1. The minimum atomic E-state index is -0.536. The summed E-state index contributed by atoms with van der Waals surface area (Å²) in [7, 11) is 0. The van der Waals surface area contributed by atoms with Gasteiger partial charge in [-0.25, -0.2) is 0 Å². The molecule has 5 N–H and O–H groups in total. The quantitative estimate of drug-likeness (QED) is 0.363. The lowest BCUT2D eigenvalue weighted by atomic mass is 9.72. The molecule has 0 amide bonds. The molecule has 1 aromatic rings. The van der Waals surface area contributed by atoms with Crippen LogP contribution in [0.25, 0.3) is 0 Å². The molecule has 182 valence electrons. The van der Waals surface area contributed by atoms with Crippen molar-refractivity contribution in [3.05, 3.63) is 35.9 Å². The molecule has 4 nitrogen and oxygen atoms in total. The lowest BCUT2D eigenvalue weighted by molar-refractivity contribution is 0.0787. The van der Waals surface area contributed by atoms with Gasteiger partial charge in [-0.05, 0) is 50.5 Å². The van der Waals surface area contributed by atoms with Crippen LogP contribution in [0.1, 0.15) is 103 Å². The first-order valence-corrected chi connectivity index (χ1v) is 13.5. The number of benzene rings is 1. The van der Waals surface area contributed by atoms with E-state index in [-0.39, 0.29) is 11.6 Å². The highest BCUT2D eigenvalue weighted by atomic mass is 16.3. The van der Waals surface area contributed by atoms with Gasteiger partial charge in [0.2, 0.25) is 0 Å². The molecule has 2 aliphatic rings. The second-order valence-corrected chi connectivity index (χ2v) is 10.7. The van der Waals surface area contributed by atoms with E-state index >= 15 is 0 Å². The number of rotatable bonds is 12. The molecule has 3 atom stereocenters. The first kappa shape index (κ1) is 25.7. The fraction of sp³-hybridized carbons (Fsp3) is 0.786. The fourth-order valence-electron chi connectivity index (χ4n) is 6.49. The zero-order valence-corrected chi connectivity index (χ0v) is 20.7. The molecule has 32 heavy (non-hydrogen) atoms. The fourth-order valence-corrected chi connectivity index (χ4v) is 6.49. The molecule has 2 fully saturated rings. The van der Waals surface area contributed by atoms with Crippen molar-refractivity contribution in [1.82, 2.24) is 10.6 Å². The smallest absolute Gasteiger partial charge is 0.0818 e. The zero-order chi connectivity index (χ0) is 22.9. The Morgan fingerprint density at radius 3 is 2.16 bits per heavy atom. The number of nitrogens with one attached hydrogen (secondary N) is 2. The van der Waals surface area contributed by atoms with Crippen LogP contribution in [0, 0.1) is 0 Å². The molecule has 0 radical (unpaired) electrons. The third kappa shape index (κ3) is 6.79. The van der Waals surface area contributed by atoms with E-state index in [1.165, 1.54) is 82.6 Å². The van der Waals surface area contributed by atoms with Gasteiger partial charge in [0.1, 0.15) is 0 Å². The summed E-state index contributed by atoms with van der Waals surface area (Å²) in [5.74, 6) is 0. The second-order valence-electron chi connectivity index (χ2n) is 10.7. The highest BCUT2D eigenvalue weighted by Gasteiger charge is 2.43. The van der Waals surface area contributed by atoms with E-state index in [9.17, 15) is 5.11 Å². The van der Waals surface area contributed by atoms with Gasteiger partial charge in [0.25, 0.3) is 0 Å². The van der Waals surface area contributed by atoms with Crippen LogP contribution < -0.4 is 16.4 Å². The largest absolute Gasteiger partial charge is 0.390 e. The van der Waals surface area contributed by atoms with Gasteiger partial charge in [0, 0.05) is 29.7 Å². The molecule has 4 heteroatoms. The summed E-state index contributed by atoms with van der Waals surface area (Å²) in [4.78, 5) is 0. The van der Waals surface area contributed by atoms with Gasteiger partial charge in [0.15, 0.2) is 0 Å². The Balaban J connectivity index is 1.67. The van der Waals surface area contributed by atoms with Gasteiger partial charge < -0.3 is 21.5 Å². The minimum Gasteiger partial charge on any atom is -0.390 e. The maximum atomic E-state index is 10.9. The van der Waals surface area contributed by atoms with Gasteiger partial charge in [0.05, 0.1) is 6.10 Å². The Hall–Kier alpha value is -0.940. The van der Waals surface area contributed by atoms with Gasteiger partial charge in [-0.15, -0.1) is 0 Å². The summed E-state index contributed by atoms with van der Waals surface area (Å²) < 4.78 is 0. The molecule has 0 aromatic heterocycles.